The van der Waals surface area contributed by atoms with Gasteiger partial charge in [-0.2, -0.15) is 5.26 Å². The quantitative estimate of drug-likeness (QED) is 0.705. The molecule has 0 saturated carbocycles. The molecule has 0 heterocycles. The number of hydrogen-bond acceptors (Lipinski definition) is 4. The number of hydrogen-bond donors (Lipinski definition) is 1. The Morgan fingerprint density at radius 2 is 2.36 bits per heavy atom. The first-order chi connectivity index (χ1) is 6.65. The predicted octanol–water partition coefficient (Wildman–Crippen LogP) is 0.597. The third-order valence-electron chi connectivity index (χ3n) is 1.67. The van der Waals surface area contributed by atoms with Gasteiger partial charge in [0.1, 0.15) is 6.61 Å². The van der Waals surface area contributed by atoms with Crippen molar-refractivity contribution in [3.8, 4) is 6.07 Å². The van der Waals surface area contributed by atoms with Crippen LogP contribution in [0.25, 0.3) is 0 Å². The lowest BCUT2D eigenvalue weighted by Crippen LogP contribution is -2.35. The topological polar surface area (TPSA) is 73.6 Å². The molecule has 14 heavy (non-hydrogen) atoms. The van der Waals surface area contributed by atoms with E-state index < -0.39 is 6.09 Å². The molecule has 0 saturated heterocycles. The van der Waals surface area contributed by atoms with Gasteiger partial charge in [-0.05, 0) is 13.8 Å². The molecule has 0 aromatic rings. The van der Waals surface area contributed by atoms with Crippen molar-refractivity contribution in [1.29, 1.82) is 5.26 Å². The number of carbonyl (C=O) groups is 1. The summed E-state index contributed by atoms with van der Waals surface area (Å²) in [4.78, 5) is 12.7. The average Bonchev–Trinajstić information content (AvgIpc) is 2.21. The van der Waals surface area contributed by atoms with Crippen molar-refractivity contribution < 1.29 is 14.6 Å². The van der Waals surface area contributed by atoms with E-state index >= 15 is 0 Å². The lowest BCUT2D eigenvalue weighted by atomic mass is 10.2. The molecule has 80 valence electrons. The molecule has 0 radical (unpaired) electrons. The van der Waals surface area contributed by atoms with Gasteiger partial charge in [-0.3, -0.25) is 0 Å². The van der Waals surface area contributed by atoms with Crippen LogP contribution in [-0.2, 0) is 4.74 Å². The summed E-state index contributed by atoms with van der Waals surface area (Å²) in [5.74, 6) is -0.211. The second kappa shape index (κ2) is 7.15. The molecule has 0 rings (SSSR count). The monoisotopic (exact) mass is 200 g/mol. The highest BCUT2D eigenvalue weighted by Gasteiger charge is 2.15. The highest BCUT2D eigenvalue weighted by molar-refractivity contribution is 5.67. The van der Waals surface area contributed by atoms with E-state index in [1.54, 1.807) is 6.92 Å². The summed E-state index contributed by atoms with van der Waals surface area (Å²) >= 11 is 0. The second-order valence-corrected chi connectivity index (χ2v) is 2.91. The van der Waals surface area contributed by atoms with E-state index in [-0.39, 0.29) is 19.1 Å². The maximum atomic E-state index is 11.3. The van der Waals surface area contributed by atoms with Gasteiger partial charge in [0.2, 0.25) is 0 Å². The Bertz CT molecular complexity index is 213. The van der Waals surface area contributed by atoms with Crippen LogP contribution in [0.2, 0.25) is 0 Å². The van der Waals surface area contributed by atoms with E-state index in [1.165, 1.54) is 4.90 Å². The van der Waals surface area contributed by atoms with E-state index in [0.29, 0.717) is 13.1 Å². The molecule has 0 spiro atoms. The van der Waals surface area contributed by atoms with Crippen molar-refractivity contribution in [2.24, 2.45) is 5.92 Å². The zero-order valence-corrected chi connectivity index (χ0v) is 8.56. The molecule has 1 atom stereocenters. The van der Waals surface area contributed by atoms with Crippen LogP contribution in [0.4, 0.5) is 4.79 Å². The van der Waals surface area contributed by atoms with Crippen LogP contribution in [-0.4, -0.2) is 42.4 Å². The second-order valence-electron chi connectivity index (χ2n) is 2.91. The Balaban J connectivity index is 4.00. The van der Waals surface area contributed by atoms with E-state index in [2.05, 4.69) is 0 Å². The first-order valence-corrected chi connectivity index (χ1v) is 4.57. The minimum absolute atomic E-state index is 0.00370. The molecule has 0 fully saturated rings. The average molecular weight is 200 g/mol. The number of carbonyl (C=O) groups excluding carboxylic acids is 1. The highest BCUT2D eigenvalue weighted by atomic mass is 16.6. The fraction of sp³-hybridized carbons (Fsp3) is 0.778. The SMILES string of the molecule is CCN(CC(C)C#N)C(=O)OCCO. The first-order valence-electron chi connectivity index (χ1n) is 4.57. The van der Waals surface area contributed by atoms with Gasteiger partial charge in [0.15, 0.2) is 0 Å². The molecule has 0 aliphatic carbocycles. The van der Waals surface area contributed by atoms with Gasteiger partial charge in [0.25, 0.3) is 0 Å². The fourth-order valence-corrected chi connectivity index (χ4v) is 0.928. The number of aliphatic hydroxyl groups excluding tert-OH is 1. The van der Waals surface area contributed by atoms with Gasteiger partial charge in [0.05, 0.1) is 18.6 Å². The number of ether oxygens (including phenoxy) is 1. The zero-order chi connectivity index (χ0) is 11.0. The molecule has 0 bridgehead atoms. The molecule has 5 nitrogen and oxygen atoms in total. The molecule has 0 aromatic heterocycles. The molecule has 1 N–H and O–H groups in total. The van der Waals surface area contributed by atoms with E-state index in [0.717, 1.165) is 0 Å². The lowest BCUT2D eigenvalue weighted by Gasteiger charge is -2.20. The summed E-state index contributed by atoms with van der Waals surface area (Å²) in [6.45, 7) is 4.22. The van der Waals surface area contributed by atoms with Gasteiger partial charge >= 0.3 is 6.09 Å². The molecule has 0 aliphatic rings. The molecule has 5 heteroatoms. The van der Waals surface area contributed by atoms with E-state index in [4.69, 9.17) is 15.1 Å². The van der Waals surface area contributed by atoms with E-state index in [9.17, 15) is 4.79 Å². The van der Waals surface area contributed by atoms with Crippen LogP contribution >= 0.6 is 0 Å². The Kier molecular flexibility index (Phi) is 6.50. The van der Waals surface area contributed by atoms with Gasteiger partial charge in [-0.15, -0.1) is 0 Å². The molecular formula is C9H16N2O3. The van der Waals surface area contributed by atoms with Gasteiger partial charge < -0.3 is 14.7 Å². The normalized spacial score (nSPS) is 11.6. The summed E-state index contributed by atoms with van der Waals surface area (Å²) in [5, 5.41) is 17.0. The standard InChI is InChI=1S/C9H16N2O3/c1-3-11(7-8(2)6-10)9(13)14-5-4-12/h8,12H,3-5,7H2,1-2H3. The van der Waals surface area contributed by atoms with Gasteiger partial charge in [-0.25, -0.2) is 4.79 Å². The Hall–Kier alpha value is -1.28. The molecule has 1 amide bonds. The van der Waals surface area contributed by atoms with Gasteiger partial charge in [0, 0.05) is 13.1 Å². The lowest BCUT2D eigenvalue weighted by molar-refractivity contribution is 0.0836. The first kappa shape index (κ1) is 12.7. The Labute approximate surface area is 83.9 Å². The van der Waals surface area contributed by atoms with Crippen LogP contribution in [0.5, 0.6) is 0 Å². The summed E-state index contributed by atoms with van der Waals surface area (Å²) < 4.78 is 4.72. The van der Waals surface area contributed by atoms with Crippen molar-refractivity contribution in [3.05, 3.63) is 0 Å². The molecule has 1 unspecified atom stereocenters. The van der Waals surface area contributed by atoms with Crippen LogP contribution in [0, 0.1) is 17.2 Å². The molecule has 0 aromatic carbocycles. The number of nitrogens with zero attached hydrogens (tertiary/aromatic N) is 2. The minimum atomic E-state index is -0.483. The Morgan fingerprint density at radius 1 is 1.71 bits per heavy atom. The van der Waals surface area contributed by atoms with Crippen molar-refractivity contribution in [1.82, 2.24) is 4.90 Å². The third kappa shape index (κ3) is 4.67. The molecule has 0 aliphatic heterocycles. The Morgan fingerprint density at radius 3 is 2.79 bits per heavy atom. The number of rotatable bonds is 5. The molecular weight excluding hydrogens is 184 g/mol. The van der Waals surface area contributed by atoms with Crippen molar-refractivity contribution in [2.75, 3.05) is 26.3 Å². The van der Waals surface area contributed by atoms with Crippen molar-refractivity contribution >= 4 is 6.09 Å². The highest BCUT2D eigenvalue weighted by Crippen LogP contribution is 2.00. The van der Waals surface area contributed by atoms with Crippen molar-refractivity contribution in [3.63, 3.8) is 0 Å². The summed E-state index contributed by atoms with van der Waals surface area (Å²) in [5.41, 5.74) is 0. The van der Waals surface area contributed by atoms with Crippen LogP contribution < -0.4 is 0 Å². The number of amides is 1. The number of nitriles is 1. The number of aliphatic hydroxyl groups is 1. The predicted molar refractivity (Wildman–Crippen MR) is 50.5 cm³/mol. The maximum absolute atomic E-state index is 11.3. The summed E-state index contributed by atoms with van der Waals surface area (Å²) in [6.07, 6.45) is -0.483. The summed E-state index contributed by atoms with van der Waals surface area (Å²) in [7, 11) is 0. The fourth-order valence-electron chi connectivity index (χ4n) is 0.928. The van der Waals surface area contributed by atoms with Gasteiger partial charge in [-0.1, -0.05) is 0 Å². The van der Waals surface area contributed by atoms with Crippen molar-refractivity contribution in [2.45, 2.75) is 13.8 Å². The van der Waals surface area contributed by atoms with Crippen LogP contribution in [0.15, 0.2) is 0 Å². The largest absolute Gasteiger partial charge is 0.447 e. The van der Waals surface area contributed by atoms with Crippen LogP contribution in [0.3, 0.4) is 0 Å². The zero-order valence-electron chi connectivity index (χ0n) is 8.56. The maximum Gasteiger partial charge on any atom is 0.409 e. The minimum Gasteiger partial charge on any atom is -0.447 e. The van der Waals surface area contributed by atoms with E-state index in [1.807, 2.05) is 13.0 Å². The smallest absolute Gasteiger partial charge is 0.409 e. The third-order valence-corrected chi connectivity index (χ3v) is 1.67. The van der Waals surface area contributed by atoms with Crippen LogP contribution in [0.1, 0.15) is 13.8 Å². The summed E-state index contributed by atoms with van der Waals surface area (Å²) in [6, 6.07) is 2.04.